The highest BCUT2D eigenvalue weighted by Gasteiger charge is 2.45. The van der Waals surface area contributed by atoms with Gasteiger partial charge in [0.2, 0.25) is 20.0 Å². The lowest BCUT2D eigenvalue weighted by molar-refractivity contribution is -0.287. The number of alkyl halides is 4. The summed E-state index contributed by atoms with van der Waals surface area (Å²) in [5.74, 6) is -4.22. The predicted octanol–water partition coefficient (Wildman–Crippen LogP) is 17.6. The quantitative estimate of drug-likeness (QED) is 0.0252. The lowest BCUT2D eigenvalue weighted by Crippen LogP contribution is -2.25. The molecule has 35 heteroatoms. The van der Waals surface area contributed by atoms with Crippen LogP contribution in [0.15, 0.2) is 151 Å². The molecule has 124 heavy (non-hydrogen) atoms. The highest BCUT2D eigenvalue weighted by Crippen LogP contribution is 2.47. The van der Waals surface area contributed by atoms with E-state index in [1.165, 1.54) is 38.4 Å². The first-order chi connectivity index (χ1) is 57.5. The highest BCUT2D eigenvalue weighted by molar-refractivity contribution is 7.94. The molecule has 670 valence electrons. The first-order valence-corrected chi connectivity index (χ1v) is 48.9. The number of aromatic nitrogens is 1. The van der Waals surface area contributed by atoms with Gasteiger partial charge in [0, 0.05) is 24.7 Å². The van der Waals surface area contributed by atoms with Gasteiger partial charge in [-0.3, -0.25) is 14.4 Å². The van der Waals surface area contributed by atoms with Crippen LogP contribution in [0.3, 0.4) is 0 Å². The van der Waals surface area contributed by atoms with Crippen LogP contribution in [-0.4, -0.2) is 124 Å². The third-order valence-electron chi connectivity index (χ3n) is 20.6. The fraction of sp³-hybridized carbons (Fsp3) is 0.393. The number of carbonyl (C=O) groups excluding carboxylic acids is 3. The van der Waals surface area contributed by atoms with E-state index in [1.807, 2.05) is 146 Å². The summed E-state index contributed by atoms with van der Waals surface area (Å²) in [7, 11) is -17.8. The lowest BCUT2D eigenvalue weighted by Gasteiger charge is -2.22. The largest absolute Gasteiger partial charge is 0.586 e. The molecule has 0 spiro atoms. The molecule has 2 aliphatic rings. The number of aliphatic hydroxyl groups excluding tert-OH is 3. The van der Waals surface area contributed by atoms with Crippen LogP contribution in [0.2, 0.25) is 10.0 Å². The smallest absolute Gasteiger partial charge is 0.395 e. The molecule has 3 heterocycles. The molecule has 0 bridgehead atoms. The molecular weight excluding hydrogens is 1770 g/mol. The Morgan fingerprint density at radius 3 is 1.11 bits per heavy atom. The molecule has 0 fully saturated rings. The summed E-state index contributed by atoms with van der Waals surface area (Å²) in [6.07, 6.45) is -7.82. The Labute approximate surface area is 736 Å². The van der Waals surface area contributed by atoms with Crippen molar-refractivity contribution in [1.29, 1.82) is 0 Å². The number of rotatable bonds is 31. The number of Topliss-reactive ketones (excluding diaryl/α,β-unsaturated/α-hetero) is 3. The van der Waals surface area contributed by atoms with Gasteiger partial charge in [-0.25, -0.2) is 56.5 Å². The molecule has 2 aliphatic heterocycles. The normalized spacial score (nSPS) is 13.9. The second kappa shape index (κ2) is 39.0. The van der Waals surface area contributed by atoms with Gasteiger partial charge in [0.05, 0.1) is 60.1 Å². The van der Waals surface area contributed by atoms with Gasteiger partial charge in [-0.15, -0.1) is 28.9 Å². The number of sulfonamides is 2. The van der Waals surface area contributed by atoms with Gasteiger partial charge < -0.3 is 34.3 Å². The van der Waals surface area contributed by atoms with Crippen LogP contribution in [0.1, 0.15) is 211 Å². The van der Waals surface area contributed by atoms with Crippen molar-refractivity contribution in [3.05, 3.63) is 209 Å². The van der Waals surface area contributed by atoms with E-state index in [-0.39, 0.29) is 118 Å². The van der Waals surface area contributed by atoms with Crippen molar-refractivity contribution < 1.29 is 108 Å². The summed E-state index contributed by atoms with van der Waals surface area (Å²) >= 11 is 13.4. The van der Waals surface area contributed by atoms with E-state index in [2.05, 4.69) is 33.4 Å². The molecule has 0 amide bonds. The van der Waals surface area contributed by atoms with Gasteiger partial charge in [0.1, 0.15) is 21.5 Å². The number of ether oxygens (including phenoxy) is 4. The Morgan fingerprint density at radius 1 is 0.411 bits per heavy atom. The molecule has 0 saturated heterocycles. The minimum Gasteiger partial charge on any atom is -0.395 e. The summed E-state index contributed by atoms with van der Waals surface area (Å²) < 4.78 is 205. The van der Waals surface area contributed by atoms with Crippen LogP contribution in [0, 0.1) is 0 Å². The molecule has 0 saturated carbocycles. The molecule has 0 atom stereocenters. The van der Waals surface area contributed by atoms with Crippen LogP contribution >= 0.6 is 34.5 Å². The number of halogens is 6. The Morgan fingerprint density at radius 2 is 0.750 bits per heavy atom. The van der Waals surface area contributed by atoms with E-state index < -0.39 is 122 Å². The maximum Gasteiger partial charge on any atom is 0.586 e. The minimum atomic E-state index is -4.18. The van der Waals surface area contributed by atoms with E-state index in [4.69, 9.17) is 23.2 Å². The Balaban J connectivity index is 0.000000211. The molecule has 23 nitrogen and oxygen atoms in total. The summed E-state index contributed by atoms with van der Waals surface area (Å²) in [5, 5.41) is 30.7. The number of nitrogens with one attached hydrogen (secondary N) is 2. The monoisotopic (exact) mass is 1870 g/mol. The molecule has 1 aromatic heterocycles. The molecule has 0 radical (unpaired) electrons. The van der Waals surface area contributed by atoms with Crippen molar-refractivity contribution in [2.75, 3.05) is 31.4 Å². The number of sulfone groups is 3. The SMILES string of the molecule is CC(C)c1cc(-c2ccc3c(c2)OC(F)(F)O3)cc(C(C)C)c1CC(=O)CS(=O)(=O)c1sc(C(C)(C)C)nc1CO.CNS(=O)(=O)c1ccc(S(=O)(=O)CC(=O)Cc2c(C(C)C)cc(-c3ccc(Cl)c(Cl)c3)cc2C(C)C)c(CO)c1.CNS(=O)(=O)c1ccc(S(=O)(=O)CC(=O)Cc2c(C(C)C)cc(-c3ccc4c(c3)OC(F)(F)O4)cc2C(C)C)cc1CO. The number of carbonyl (C=O) groups is 3. The number of thiazole rings is 1. The van der Waals surface area contributed by atoms with Gasteiger partial charge in [-0.1, -0.05) is 182 Å². The fourth-order valence-electron chi connectivity index (χ4n) is 14.4. The van der Waals surface area contributed by atoms with Crippen LogP contribution in [0.5, 0.6) is 23.0 Å². The molecule has 9 aromatic rings. The number of aliphatic hydroxyl groups is 3. The van der Waals surface area contributed by atoms with Gasteiger partial charge in [0.15, 0.2) is 69.9 Å². The number of benzene rings is 8. The number of ketones is 3. The molecule has 0 unspecified atom stereocenters. The Kier molecular flexibility index (Phi) is 31.2. The summed E-state index contributed by atoms with van der Waals surface area (Å²) in [4.78, 5) is 43.2. The van der Waals surface area contributed by atoms with Crippen molar-refractivity contribution >= 4 is 101 Å². The maximum absolute atomic E-state index is 13.6. The van der Waals surface area contributed by atoms with Crippen molar-refractivity contribution in [3.63, 3.8) is 0 Å². The summed E-state index contributed by atoms with van der Waals surface area (Å²) in [5.41, 5.74) is 11.4. The average molecular weight is 1870 g/mol. The van der Waals surface area contributed by atoms with E-state index in [1.54, 1.807) is 24.3 Å². The summed E-state index contributed by atoms with van der Waals surface area (Å²) in [6.45, 7) is 27.4. The van der Waals surface area contributed by atoms with E-state index >= 15 is 0 Å². The maximum atomic E-state index is 13.6. The average Bonchev–Trinajstić information content (AvgIpc) is 1.38. The zero-order valence-electron chi connectivity index (χ0n) is 71.4. The molecule has 5 N–H and O–H groups in total. The van der Waals surface area contributed by atoms with Crippen LogP contribution in [-0.2, 0) is 108 Å². The first kappa shape index (κ1) is 99.2. The Hall–Kier alpha value is -8.55. The van der Waals surface area contributed by atoms with Crippen LogP contribution in [0.25, 0.3) is 33.4 Å². The van der Waals surface area contributed by atoms with Crippen molar-refractivity contribution in [1.82, 2.24) is 14.4 Å². The second-order valence-corrected chi connectivity index (χ2v) is 44.7. The molecule has 0 aliphatic carbocycles. The fourth-order valence-corrected chi connectivity index (χ4v) is 22.1. The predicted molar refractivity (Wildman–Crippen MR) is 469 cm³/mol. The van der Waals surface area contributed by atoms with Gasteiger partial charge in [-0.05, 0) is 217 Å². The second-order valence-electron chi connectivity index (χ2n) is 33.0. The van der Waals surface area contributed by atoms with Crippen LogP contribution < -0.4 is 28.4 Å². The third kappa shape index (κ3) is 23.4. The number of nitrogens with zero attached hydrogens (tertiary/aromatic N) is 1. The van der Waals surface area contributed by atoms with Crippen molar-refractivity contribution in [2.24, 2.45) is 0 Å². The standard InChI is InChI=1S/C30H33F2NO8S2.C30H35F2NO6S2.C29H33Cl2NO6S2/c1-17(2)24-11-20(19-6-8-27-28(13-19)41-30(31,32)40-27)12-25(18(3)4)26(24)14-22(35)16-42(36,37)23-7-9-29(21(10-23)15-34)43(38,39)33-5;1-16(2)21-10-19(18-8-9-25-26(12-18)39-30(31,32)38-25)11-22(17(3)4)23(21)13-20(35)15-41(36,37)27-24(14-34)33-28(40-27)29(5,6)7;1-17(2)24-11-20(19-6-8-27(30)28(31)13-19)12-25(18(3)4)26(24)14-22(34)16-39(35,36)29-9-7-23(10-21(29)15-33)40(37,38)32-5/h6-13,17-18,33-34H,14-16H2,1-5H3;8-12,16-17,34H,13-15H2,1-7H3;6-13,17-18,32-33H,14-16H2,1-5H3. The highest BCUT2D eigenvalue weighted by atomic mass is 35.5. The number of fused-ring (bicyclic) bond motifs is 2. The van der Waals surface area contributed by atoms with E-state index in [9.17, 15) is 89.4 Å². The third-order valence-corrected chi connectivity index (χ3v) is 31.5. The van der Waals surface area contributed by atoms with Gasteiger partial charge in [-0.2, -0.15) is 0 Å². The van der Waals surface area contributed by atoms with Crippen molar-refractivity contribution in [2.45, 2.75) is 220 Å². The van der Waals surface area contributed by atoms with E-state index in [0.29, 0.717) is 37.3 Å². The topological polar surface area (TPSA) is 356 Å². The molecular formula is C89H101Cl2F4N3O20S6. The molecule has 8 aromatic carbocycles. The van der Waals surface area contributed by atoms with Gasteiger partial charge >= 0.3 is 12.6 Å². The number of hydrogen-bond donors (Lipinski definition) is 5. The van der Waals surface area contributed by atoms with Crippen molar-refractivity contribution in [3.8, 4) is 56.4 Å². The Bertz CT molecular complexity index is 6120. The molecule has 11 rings (SSSR count). The zero-order chi connectivity index (χ0) is 92.4. The zero-order valence-corrected chi connectivity index (χ0v) is 77.8. The summed E-state index contributed by atoms with van der Waals surface area (Å²) in [6, 6.07) is 32.6. The number of hydrogen-bond acceptors (Lipinski definition) is 22. The van der Waals surface area contributed by atoms with Crippen LogP contribution in [0.4, 0.5) is 17.6 Å². The lowest BCUT2D eigenvalue weighted by atomic mass is 9.83. The van der Waals surface area contributed by atoms with E-state index in [0.717, 1.165) is 109 Å². The minimum absolute atomic E-state index is 0.0120. The first-order valence-electron chi connectivity index (χ1n) is 39.5. The van der Waals surface area contributed by atoms with Gasteiger partial charge in [0.25, 0.3) is 0 Å².